The summed E-state index contributed by atoms with van der Waals surface area (Å²) in [5.41, 5.74) is 9.76. The fraction of sp³-hybridized carbons (Fsp3) is 0.500. The molecule has 0 aromatic heterocycles. The second kappa shape index (κ2) is 17.9. The molecule has 1 saturated heterocycles. The summed E-state index contributed by atoms with van der Waals surface area (Å²) in [6.07, 6.45) is -0.955. The van der Waals surface area contributed by atoms with Crippen LogP contribution in [0.1, 0.15) is 63.4 Å². The van der Waals surface area contributed by atoms with Crippen LogP contribution in [-0.4, -0.2) is 87.0 Å². The van der Waals surface area contributed by atoms with E-state index in [4.69, 9.17) is 24.8 Å². The number of hydroxylamine groups is 2. The molecule has 5 rings (SSSR count). The van der Waals surface area contributed by atoms with Crippen LogP contribution in [-0.2, 0) is 20.9 Å². The van der Waals surface area contributed by atoms with Crippen molar-refractivity contribution >= 4 is 29.3 Å². The predicted octanol–water partition coefficient (Wildman–Crippen LogP) is 5.94. The SMILES string of the molecule is CNC(=O)c1cc(-c2cccc(CN3OC(CN)C(C(C)OC(=O)Oc4ccc([N+](=O)[O-])cc4)C3C(=O)N[C@H]3CCC(C)(C)[C@@H](C)C3C)c2OC)cc(N(C)C)c1. The monoisotopic (exact) mass is 788 g/mol. The molecule has 3 aromatic rings. The van der Waals surface area contributed by atoms with Crippen LogP contribution in [0.4, 0.5) is 16.2 Å². The highest BCUT2D eigenvalue weighted by molar-refractivity contribution is 5.97. The summed E-state index contributed by atoms with van der Waals surface area (Å²) in [4.78, 5) is 59.5. The molecule has 15 nitrogen and oxygen atoms in total. The topological polar surface area (TPSA) is 188 Å². The molecule has 1 heterocycles. The summed E-state index contributed by atoms with van der Waals surface area (Å²) < 4.78 is 17.2. The molecule has 1 saturated carbocycles. The lowest BCUT2D eigenvalue weighted by atomic mass is 9.63. The number of carbonyl (C=O) groups is 3. The standard InChI is InChI=1S/C42H56N6O9/c1-24-25(2)42(4,5)18-17-34(24)45-40(50)37-36(26(3)55-41(51)56-32-15-13-30(14-16-32)48(52)53)35(22-43)57-47(37)23-27-11-10-12-33(38(27)54-9)28-19-29(39(49)44-6)21-31(20-28)46(7)8/h10-16,19-21,24-26,34-37H,17-18,22-23,43H2,1-9H3,(H,44,49)(H,45,50)/t24?,25-,26?,34-,35?,36?,37?/m0/s1. The second-order valence-electron chi connectivity index (χ2n) is 15.9. The van der Waals surface area contributed by atoms with Gasteiger partial charge in [-0.25, -0.2) is 4.79 Å². The van der Waals surface area contributed by atoms with Gasteiger partial charge in [0.05, 0.1) is 30.6 Å². The molecule has 1 aliphatic heterocycles. The number of ether oxygens (including phenoxy) is 3. The predicted molar refractivity (Wildman–Crippen MR) is 216 cm³/mol. The van der Waals surface area contributed by atoms with Gasteiger partial charge in [-0.1, -0.05) is 45.9 Å². The molecular formula is C42H56N6O9. The number of benzene rings is 3. The summed E-state index contributed by atoms with van der Waals surface area (Å²) in [6, 6.07) is 15.2. The smallest absolute Gasteiger partial charge is 0.496 e. The largest absolute Gasteiger partial charge is 0.514 e. The molecule has 0 bridgehead atoms. The van der Waals surface area contributed by atoms with Gasteiger partial charge in [0.15, 0.2) is 0 Å². The molecule has 3 aromatic carbocycles. The van der Waals surface area contributed by atoms with Crippen molar-refractivity contribution in [3.05, 3.63) is 81.9 Å². The first-order valence-electron chi connectivity index (χ1n) is 19.3. The zero-order chi connectivity index (χ0) is 41.8. The third-order valence-corrected chi connectivity index (χ3v) is 11.9. The maximum atomic E-state index is 14.7. The average Bonchev–Trinajstić information content (AvgIpc) is 3.56. The van der Waals surface area contributed by atoms with E-state index < -0.39 is 35.2 Å². The minimum atomic E-state index is -1.05. The molecule has 2 fully saturated rings. The van der Waals surface area contributed by atoms with Crippen LogP contribution in [0, 0.1) is 33.3 Å². The highest BCUT2D eigenvalue weighted by Gasteiger charge is 2.52. The van der Waals surface area contributed by atoms with E-state index in [0.717, 1.165) is 29.7 Å². The van der Waals surface area contributed by atoms with E-state index in [1.165, 1.54) is 24.3 Å². The van der Waals surface area contributed by atoms with Crippen molar-refractivity contribution in [2.24, 2.45) is 28.9 Å². The Morgan fingerprint density at radius 3 is 2.42 bits per heavy atom. The Kier molecular flexibility index (Phi) is 13.5. The molecule has 7 atom stereocenters. The molecule has 15 heteroatoms. The third kappa shape index (κ3) is 9.49. The van der Waals surface area contributed by atoms with Crippen molar-refractivity contribution in [3.63, 3.8) is 0 Å². The molecular weight excluding hydrogens is 732 g/mol. The number of amides is 2. The fourth-order valence-corrected chi connectivity index (χ4v) is 8.09. The number of non-ortho nitro benzene ring substituents is 1. The zero-order valence-corrected chi connectivity index (χ0v) is 34.2. The first-order chi connectivity index (χ1) is 27.0. The molecule has 1 aliphatic carbocycles. The van der Waals surface area contributed by atoms with Gasteiger partial charge >= 0.3 is 6.16 Å². The number of nitro groups is 1. The Morgan fingerprint density at radius 2 is 1.81 bits per heavy atom. The molecule has 2 amide bonds. The summed E-state index contributed by atoms with van der Waals surface area (Å²) in [7, 11) is 6.95. The highest BCUT2D eigenvalue weighted by atomic mass is 16.7. The van der Waals surface area contributed by atoms with Crippen molar-refractivity contribution in [2.45, 2.75) is 78.3 Å². The van der Waals surface area contributed by atoms with E-state index >= 15 is 0 Å². The first-order valence-corrected chi connectivity index (χ1v) is 19.3. The van der Waals surface area contributed by atoms with Crippen LogP contribution in [0.15, 0.2) is 60.7 Å². The number of carbonyl (C=O) groups excluding carboxylic acids is 3. The Bertz CT molecular complexity index is 1940. The lowest BCUT2D eigenvalue weighted by molar-refractivity contribution is -0.384. The molecule has 308 valence electrons. The first kappa shape index (κ1) is 42.9. The van der Waals surface area contributed by atoms with Gasteiger partial charge in [-0.05, 0) is 72.9 Å². The third-order valence-electron chi connectivity index (χ3n) is 11.9. The van der Waals surface area contributed by atoms with Crippen LogP contribution >= 0.6 is 0 Å². The fourth-order valence-electron chi connectivity index (χ4n) is 8.09. The zero-order valence-electron chi connectivity index (χ0n) is 34.2. The number of nitrogens with one attached hydrogen (secondary N) is 2. The molecule has 2 aliphatic rings. The van der Waals surface area contributed by atoms with Gasteiger partial charge in [-0.2, -0.15) is 5.06 Å². The van der Waals surface area contributed by atoms with Crippen molar-refractivity contribution in [2.75, 3.05) is 39.7 Å². The average molecular weight is 789 g/mol. The normalized spacial score (nSPS) is 23.5. The van der Waals surface area contributed by atoms with Gasteiger partial charge in [-0.3, -0.25) is 24.5 Å². The van der Waals surface area contributed by atoms with Gasteiger partial charge in [-0.15, -0.1) is 0 Å². The second-order valence-corrected chi connectivity index (χ2v) is 15.9. The maximum absolute atomic E-state index is 14.7. The van der Waals surface area contributed by atoms with Gasteiger partial charge < -0.3 is 35.5 Å². The van der Waals surface area contributed by atoms with Gasteiger partial charge in [0.2, 0.25) is 5.91 Å². The van der Waals surface area contributed by atoms with Gasteiger partial charge in [0.25, 0.3) is 11.6 Å². The molecule has 0 spiro atoms. The van der Waals surface area contributed by atoms with Crippen molar-refractivity contribution in [3.8, 4) is 22.6 Å². The van der Waals surface area contributed by atoms with Crippen molar-refractivity contribution in [1.29, 1.82) is 0 Å². The summed E-state index contributed by atoms with van der Waals surface area (Å²) >= 11 is 0. The van der Waals surface area contributed by atoms with Gasteiger partial charge in [0.1, 0.15) is 23.6 Å². The Hall–Kier alpha value is -5.25. The van der Waals surface area contributed by atoms with Crippen LogP contribution < -0.4 is 30.7 Å². The Balaban J connectivity index is 1.49. The lowest BCUT2D eigenvalue weighted by Gasteiger charge is -2.46. The summed E-state index contributed by atoms with van der Waals surface area (Å²) in [6.45, 7) is 10.7. The van der Waals surface area contributed by atoms with E-state index in [2.05, 4.69) is 38.3 Å². The lowest BCUT2D eigenvalue weighted by Crippen LogP contribution is -2.55. The van der Waals surface area contributed by atoms with E-state index in [1.807, 2.05) is 49.3 Å². The summed E-state index contributed by atoms with van der Waals surface area (Å²) in [5, 5.41) is 18.7. The Morgan fingerprint density at radius 1 is 1.11 bits per heavy atom. The van der Waals surface area contributed by atoms with Gasteiger partial charge in [0, 0.05) is 68.2 Å². The molecule has 0 radical (unpaired) electrons. The van der Waals surface area contributed by atoms with E-state index in [-0.39, 0.29) is 53.7 Å². The highest BCUT2D eigenvalue weighted by Crippen LogP contribution is 2.44. The van der Waals surface area contributed by atoms with Crippen LogP contribution in [0.5, 0.6) is 11.5 Å². The number of anilines is 1. The number of nitro benzene ring substituents is 1. The maximum Gasteiger partial charge on any atom is 0.514 e. The van der Waals surface area contributed by atoms with E-state index in [0.29, 0.717) is 22.8 Å². The Labute approximate surface area is 334 Å². The number of nitrogens with two attached hydrogens (primary N) is 1. The number of hydrogen-bond donors (Lipinski definition) is 3. The number of para-hydroxylation sites is 1. The minimum Gasteiger partial charge on any atom is -0.496 e. The van der Waals surface area contributed by atoms with E-state index in [9.17, 15) is 24.5 Å². The number of nitrogens with zero attached hydrogens (tertiary/aromatic N) is 3. The van der Waals surface area contributed by atoms with Crippen LogP contribution in [0.25, 0.3) is 11.1 Å². The number of methoxy groups -OCH3 is 1. The molecule has 57 heavy (non-hydrogen) atoms. The number of hydrogen-bond acceptors (Lipinski definition) is 12. The molecule has 5 unspecified atom stereocenters. The van der Waals surface area contributed by atoms with Crippen LogP contribution in [0.2, 0.25) is 0 Å². The van der Waals surface area contributed by atoms with E-state index in [1.54, 1.807) is 32.2 Å². The molecule has 4 N–H and O–H groups in total. The van der Waals surface area contributed by atoms with Crippen molar-refractivity contribution < 1.29 is 38.4 Å². The van der Waals surface area contributed by atoms with Crippen LogP contribution in [0.3, 0.4) is 0 Å². The quantitative estimate of drug-likeness (QED) is 0.0803. The summed E-state index contributed by atoms with van der Waals surface area (Å²) in [5.74, 6) is -0.127. The number of rotatable bonds is 13. The van der Waals surface area contributed by atoms with Crippen molar-refractivity contribution in [1.82, 2.24) is 15.7 Å². The minimum absolute atomic E-state index is 0.0118.